The van der Waals surface area contributed by atoms with Crippen LogP contribution in [0.4, 0.5) is 0 Å². The van der Waals surface area contributed by atoms with Crippen LogP contribution in [0.1, 0.15) is 0 Å². The molecule has 2 aliphatic rings. The van der Waals surface area contributed by atoms with E-state index in [1.54, 1.807) is 0 Å². The van der Waals surface area contributed by atoms with Crippen LogP contribution in [0.15, 0.2) is 91.0 Å². The molecule has 0 fully saturated rings. The summed E-state index contributed by atoms with van der Waals surface area (Å²) in [6.45, 7) is 0.295. The van der Waals surface area contributed by atoms with Crippen molar-refractivity contribution in [3.63, 3.8) is 0 Å². The van der Waals surface area contributed by atoms with Crippen LogP contribution in [0.25, 0.3) is 44.4 Å². The first-order chi connectivity index (χ1) is 14.4. The lowest BCUT2D eigenvalue weighted by Crippen LogP contribution is -2.52. The van der Waals surface area contributed by atoms with E-state index in [1.807, 2.05) is 0 Å². The van der Waals surface area contributed by atoms with E-state index in [-0.39, 0.29) is 0 Å². The summed E-state index contributed by atoms with van der Waals surface area (Å²) in [4.78, 5) is 0. The van der Waals surface area contributed by atoms with Crippen molar-refractivity contribution in [3.05, 3.63) is 91.0 Å². The van der Waals surface area contributed by atoms with E-state index in [4.69, 9.17) is 0 Å². The molecule has 0 bridgehead atoms. The first kappa shape index (κ1) is 14.3. The quantitative estimate of drug-likeness (QED) is 0.361. The van der Waals surface area contributed by atoms with Gasteiger partial charge in [0.1, 0.15) is 5.65 Å². The molecule has 29 heavy (non-hydrogen) atoms. The number of aromatic nitrogens is 2. The standard InChI is InChI=1S/C26H15BN2/c1-3-11-19-16(8-1)17-10-7-15-23-24(17)27(19)25-18-9-2-4-12-20(18)28-21-13-5-6-14-22(21)29(23)26(25)28/h1-15H. The molecule has 2 aliphatic heterocycles. The molecule has 4 aromatic carbocycles. The Morgan fingerprint density at radius 1 is 0.552 bits per heavy atom. The second-order valence-electron chi connectivity index (χ2n) is 8.17. The zero-order chi connectivity index (χ0) is 18.7. The molecule has 0 unspecified atom stereocenters. The molecule has 3 heteroatoms. The highest BCUT2D eigenvalue weighted by Crippen LogP contribution is 2.36. The van der Waals surface area contributed by atoms with Crippen molar-refractivity contribution in [1.29, 1.82) is 0 Å². The van der Waals surface area contributed by atoms with Crippen LogP contribution in [-0.2, 0) is 0 Å². The van der Waals surface area contributed by atoms with E-state index in [2.05, 4.69) is 100.0 Å². The Hall–Kier alpha value is -3.72. The summed E-state index contributed by atoms with van der Waals surface area (Å²) < 4.78 is 4.96. The van der Waals surface area contributed by atoms with Crippen LogP contribution in [0.5, 0.6) is 0 Å². The molecule has 0 N–H and O–H groups in total. The fourth-order valence-corrected chi connectivity index (χ4v) is 5.94. The van der Waals surface area contributed by atoms with Gasteiger partial charge >= 0.3 is 0 Å². The molecule has 0 aliphatic carbocycles. The SMILES string of the molecule is c1ccc2c(c1)B1c3c-2cccc3-n2c3ccccc3n3c4ccccc4c1c23. The molecule has 8 rings (SSSR count). The van der Waals surface area contributed by atoms with Crippen LogP contribution in [0.3, 0.4) is 0 Å². The average Bonchev–Trinajstić information content (AvgIpc) is 3.41. The highest BCUT2D eigenvalue weighted by Gasteiger charge is 2.42. The zero-order valence-corrected chi connectivity index (χ0v) is 15.6. The molecule has 0 atom stereocenters. The Balaban J connectivity index is 1.73. The molecule has 132 valence electrons. The lowest BCUT2D eigenvalue weighted by Gasteiger charge is -2.22. The van der Waals surface area contributed by atoms with Gasteiger partial charge in [-0.3, -0.25) is 8.97 Å². The summed E-state index contributed by atoms with van der Waals surface area (Å²) in [6, 6.07) is 33.4. The van der Waals surface area contributed by atoms with Gasteiger partial charge in [-0.25, -0.2) is 0 Å². The second kappa shape index (κ2) is 4.64. The van der Waals surface area contributed by atoms with Crippen LogP contribution in [0.2, 0.25) is 0 Å². The number of nitrogens with zero attached hydrogens (tertiary/aromatic N) is 2. The first-order valence-electron chi connectivity index (χ1n) is 10.2. The fourth-order valence-electron chi connectivity index (χ4n) is 5.94. The van der Waals surface area contributed by atoms with E-state index in [0.717, 1.165) is 0 Å². The molecule has 0 radical (unpaired) electrons. The Bertz CT molecular complexity index is 1670. The largest absolute Gasteiger partial charge is 0.295 e. The monoisotopic (exact) mass is 366 g/mol. The van der Waals surface area contributed by atoms with Crippen molar-refractivity contribution in [2.24, 2.45) is 0 Å². The lowest BCUT2D eigenvalue weighted by molar-refractivity contribution is 1.16. The van der Waals surface area contributed by atoms with Gasteiger partial charge in [0.15, 0.2) is 0 Å². The Kier molecular flexibility index (Phi) is 2.29. The predicted octanol–water partition coefficient (Wildman–Crippen LogP) is 3.85. The molecule has 0 saturated carbocycles. The second-order valence-corrected chi connectivity index (χ2v) is 8.17. The van der Waals surface area contributed by atoms with Gasteiger partial charge in [0.05, 0.1) is 16.6 Å². The van der Waals surface area contributed by atoms with Gasteiger partial charge in [-0.1, -0.05) is 72.2 Å². The topological polar surface area (TPSA) is 9.34 Å². The highest BCUT2D eigenvalue weighted by atomic mass is 15.1. The fraction of sp³-hybridized carbons (Fsp3) is 0. The zero-order valence-electron chi connectivity index (χ0n) is 15.6. The normalized spacial score (nSPS) is 13.4. The van der Waals surface area contributed by atoms with E-state index in [9.17, 15) is 0 Å². The number of fused-ring (bicyclic) bond motifs is 11. The van der Waals surface area contributed by atoms with Gasteiger partial charge in [-0.15, -0.1) is 0 Å². The van der Waals surface area contributed by atoms with Crippen molar-refractivity contribution in [3.8, 4) is 16.8 Å². The summed E-state index contributed by atoms with van der Waals surface area (Å²) in [6.07, 6.45) is 0. The third kappa shape index (κ3) is 1.45. The molecule has 6 aromatic rings. The van der Waals surface area contributed by atoms with Crippen LogP contribution < -0.4 is 16.4 Å². The third-order valence-corrected chi connectivity index (χ3v) is 6.93. The Morgan fingerprint density at radius 3 is 2.21 bits per heavy atom. The molecular weight excluding hydrogens is 351 g/mol. The van der Waals surface area contributed by atoms with Crippen molar-refractivity contribution in [2.45, 2.75) is 0 Å². The minimum Gasteiger partial charge on any atom is -0.295 e. The smallest absolute Gasteiger partial charge is 0.251 e. The average molecular weight is 366 g/mol. The van der Waals surface area contributed by atoms with Gasteiger partial charge in [0.25, 0.3) is 6.71 Å². The van der Waals surface area contributed by atoms with Crippen molar-refractivity contribution in [2.75, 3.05) is 0 Å². The Labute approximate surface area is 167 Å². The van der Waals surface area contributed by atoms with Crippen molar-refractivity contribution < 1.29 is 0 Å². The minimum absolute atomic E-state index is 0.295. The first-order valence-corrected chi connectivity index (χ1v) is 10.2. The number of rotatable bonds is 0. The van der Waals surface area contributed by atoms with E-state index in [1.165, 1.54) is 60.8 Å². The van der Waals surface area contributed by atoms with Gasteiger partial charge in [-0.05, 0) is 51.7 Å². The third-order valence-electron chi connectivity index (χ3n) is 6.93. The number of hydrogen-bond donors (Lipinski definition) is 0. The van der Waals surface area contributed by atoms with Gasteiger partial charge in [0.2, 0.25) is 0 Å². The summed E-state index contributed by atoms with van der Waals surface area (Å²) in [5.74, 6) is 0. The summed E-state index contributed by atoms with van der Waals surface area (Å²) in [7, 11) is 0. The molecule has 0 saturated heterocycles. The van der Waals surface area contributed by atoms with Crippen LogP contribution in [0, 0.1) is 0 Å². The van der Waals surface area contributed by atoms with Crippen molar-refractivity contribution >= 4 is 50.7 Å². The highest BCUT2D eigenvalue weighted by molar-refractivity contribution is 7.02. The Morgan fingerprint density at radius 2 is 1.28 bits per heavy atom. The van der Waals surface area contributed by atoms with Crippen molar-refractivity contribution in [1.82, 2.24) is 8.97 Å². The number of para-hydroxylation sites is 3. The van der Waals surface area contributed by atoms with Crippen LogP contribution >= 0.6 is 0 Å². The molecule has 4 heterocycles. The summed E-state index contributed by atoms with van der Waals surface area (Å²) in [5.41, 5.74) is 13.6. The van der Waals surface area contributed by atoms with Crippen LogP contribution in [-0.4, -0.2) is 15.7 Å². The van der Waals surface area contributed by atoms with Gasteiger partial charge in [-0.2, -0.15) is 0 Å². The maximum atomic E-state index is 2.49. The molecule has 0 spiro atoms. The lowest BCUT2D eigenvalue weighted by atomic mass is 9.37. The molecule has 0 amide bonds. The number of imidazole rings is 1. The predicted molar refractivity (Wildman–Crippen MR) is 122 cm³/mol. The maximum absolute atomic E-state index is 2.49. The van der Waals surface area contributed by atoms with E-state index >= 15 is 0 Å². The maximum Gasteiger partial charge on any atom is 0.251 e. The molecule has 2 nitrogen and oxygen atoms in total. The summed E-state index contributed by atoms with van der Waals surface area (Å²) in [5, 5.41) is 1.36. The van der Waals surface area contributed by atoms with E-state index in [0.29, 0.717) is 6.71 Å². The number of benzene rings is 4. The molecular formula is C26H15BN2. The van der Waals surface area contributed by atoms with Gasteiger partial charge < -0.3 is 0 Å². The minimum atomic E-state index is 0.295. The van der Waals surface area contributed by atoms with E-state index < -0.39 is 0 Å². The number of hydrogen-bond acceptors (Lipinski definition) is 0. The van der Waals surface area contributed by atoms with Gasteiger partial charge in [0, 0.05) is 5.69 Å². The summed E-state index contributed by atoms with van der Waals surface area (Å²) >= 11 is 0. The molecule has 2 aromatic heterocycles.